The summed E-state index contributed by atoms with van der Waals surface area (Å²) >= 11 is 12.2. The lowest BCUT2D eigenvalue weighted by Crippen LogP contribution is -2.53. The zero-order chi connectivity index (χ0) is 32.2. The lowest BCUT2D eigenvalue weighted by Gasteiger charge is -2.39. The molecule has 236 valence electrons. The van der Waals surface area contributed by atoms with Crippen molar-refractivity contribution in [2.45, 2.75) is 55.8 Å². The fourth-order valence-electron chi connectivity index (χ4n) is 6.97. The summed E-state index contributed by atoms with van der Waals surface area (Å²) in [5, 5.41) is 26.7. The predicted octanol–water partition coefficient (Wildman–Crippen LogP) is 6.24. The molecule has 0 radical (unpaired) electrons. The number of aliphatic hydroxyl groups is 1. The van der Waals surface area contributed by atoms with Gasteiger partial charge in [-0.15, -0.1) is 0 Å². The van der Waals surface area contributed by atoms with E-state index in [1.54, 1.807) is 11.8 Å². The fourth-order valence-corrected chi connectivity index (χ4v) is 7.32. The monoisotopic (exact) mass is 659 g/mol. The Labute approximate surface area is 267 Å². The van der Waals surface area contributed by atoms with Crippen LogP contribution in [0.2, 0.25) is 10.0 Å². The minimum absolute atomic E-state index is 0.0785. The first-order valence-electron chi connectivity index (χ1n) is 14.6. The molecular weight excluding hydrogens is 631 g/mol. The van der Waals surface area contributed by atoms with E-state index in [2.05, 4.69) is 5.32 Å². The number of likely N-dealkylation sites (tertiary alicyclic amines) is 1. The van der Waals surface area contributed by atoms with Crippen molar-refractivity contribution < 1.29 is 33.1 Å². The van der Waals surface area contributed by atoms with Gasteiger partial charge in [0, 0.05) is 28.3 Å². The summed E-state index contributed by atoms with van der Waals surface area (Å²) in [5.41, 5.74) is -1.19. The summed E-state index contributed by atoms with van der Waals surface area (Å²) in [6, 6.07) is 9.70. The van der Waals surface area contributed by atoms with Gasteiger partial charge in [-0.05, 0) is 68.0 Å². The van der Waals surface area contributed by atoms with Crippen LogP contribution in [0.3, 0.4) is 0 Å². The molecule has 1 amide bonds. The summed E-state index contributed by atoms with van der Waals surface area (Å²) in [5.74, 6) is -4.37. The molecule has 2 heterocycles. The third-order valence-corrected chi connectivity index (χ3v) is 9.67. The van der Waals surface area contributed by atoms with Gasteiger partial charge < -0.3 is 15.2 Å². The Morgan fingerprint density at radius 1 is 1.18 bits per heavy atom. The van der Waals surface area contributed by atoms with E-state index in [4.69, 9.17) is 27.9 Å². The number of benzene rings is 3. The van der Waals surface area contributed by atoms with Gasteiger partial charge in [0.15, 0.2) is 0 Å². The molecule has 2 aliphatic heterocycles. The van der Waals surface area contributed by atoms with Gasteiger partial charge in [0.1, 0.15) is 17.2 Å². The predicted molar refractivity (Wildman–Crippen MR) is 162 cm³/mol. The summed E-state index contributed by atoms with van der Waals surface area (Å²) in [4.78, 5) is 40.6. The average molecular weight is 661 g/mol. The molecule has 5 atom stereocenters. The van der Waals surface area contributed by atoms with Gasteiger partial charge in [0.25, 0.3) is 5.91 Å². The maximum absolute atomic E-state index is 15.9. The number of esters is 1. The average Bonchev–Trinajstić information content (AvgIpc) is 3.73. The highest BCUT2D eigenvalue weighted by Gasteiger charge is 2.71. The summed E-state index contributed by atoms with van der Waals surface area (Å²) in [6.45, 7) is 2.07. The smallest absolute Gasteiger partial charge is 0.338 e. The fraction of sp³-hybridized carbons (Fsp3) is 0.375. The van der Waals surface area contributed by atoms with Gasteiger partial charge in [-0.1, -0.05) is 47.5 Å². The van der Waals surface area contributed by atoms with Crippen LogP contribution in [-0.4, -0.2) is 52.0 Å². The molecule has 3 aliphatic rings. The third-order valence-electron chi connectivity index (χ3n) is 9.09. The van der Waals surface area contributed by atoms with Gasteiger partial charge in [-0.2, -0.15) is 0 Å². The van der Waals surface area contributed by atoms with Gasteiger partial charge in [0.05, 0.1) is 40.3 Å². The Bertz CT molecular complexity index is 1690. The summed E-state index contributed by atoms with van der Waals surface area (Å²) in [7, 11) is 0. The Morgan fingerprint density at radius 3 is 2.53 bits per heavy atom. The van der Waals surface area contributed by atoms with E-state index in [1.165, 1.54) is 48.5 Å². The minimum Gasteiger partial charge on any atom is -0.462 e. The molecular formula is C32H29Cl2F2N3O6. The molecule has 0 bridgehead atoms. The number of halogens is 4. The summed E-state index contributed by atoms with van der Waals surface area (Å²) < 4.78 is 36.1. The molecule has 1 saturated carbocycles. The van der Waals surface area contributed by atoms with Crippen LogP contribution in [0, 0.1) is 27.7 Å². The molecule has 0 aromatic heterocycles. The molecule has 9 nitrogen and oxygen atoms in total. The second-order valence-electron chi connectivity index (χ2n) is 11.7. The highest BCUT2D eigenvalue weighted by atomic mass is 35.5. The number of nitrogens with one attached hydrogen (secondary N) is 1. The van der Waals surface area contributed by atoms with E-state index < -0.39 is 58.1 Å². The topological polar surface area (TPSA) is 122 Å². The van der Waals surface area contributed by atoms with E-state index in [-0.39, 0.29) is 57.9 Å². The molecule has 2 fully saturated rings. The Hall–Kier alpha value is -3.64. The zero-order valence-electron chi connectivity index (χ0n) is 24.0. The van der Waals surface area contributed by atoms with Crippen LogP contribution in [0.5, 0.6) is 0 Å². The van der Waals surface area contributed by atoms with Crippen LogP contribution in [0.1, 0.15) is 65.3 Å². The van der Waals surface area contributed by atoms with Crippen molar-refractivity contribution in [3.05, 3.63) is 109 Å². The van der Waals surface area contributed by atoms with E-state index in [9.17, 15) is 24.8 Å². The number of rotatable bonds is 9. The molecule has 13 heteroatoms. The first kappa shape index (κ1) is 31.3. The normalized spacial score (nSPS) is 24.8. The molecule has 1 spiro atoms. The van der Waals surface area contributed by atoms with E-state index in [0.717, 1.165) is 18.9 Å². The third kappa shape index (κ3) is 5.25. The number of hydrogen-bond acceptors (Lipinski definition) is 7. The maximum atomic E-state index is 15.9. The van der Waals surface area contributed by atoms with Gasteiger partial charge >= 0.3 is 5.97 Å². The molecule has 2 N–H and O–H groups in total. The highest BCUT2D eigenvalue weighted by Crippen LogP contribution is 2.60. The van der Waals surface area contributed by atoms with Gasteiger partial charge in [-0.3, -0.25) is 19.8 Å². The lowest BCUT2D eigenvalue weighted by atomic mass is 9.73. The number of amides is 1. The van der Waals surface area contributed by atoms with Crippen LogP contribution >= 0.6 is 23.2 Å². The van der Waals surface area contributed by atoms with Crippen molar-refractivity contribution in [2.24, 2.45) is 5.92 Å². The molecule has 0 unspecified atom stereocenters. The lowest BCUT2D eigenvalue weighted by molar-refractivity contribution is -0.528. The Kier molecular flexibility index (Phi) is 8.32. The molecule has 6 rings (SSSR count). The summed E-state index contributed by atoms with van der Waals surface area (Å²) in [6.07, 6.45) is 0.108. The van der Waals surface area contributed by atoms with Crippen LogP contribution in [0.15, 0.2) is 54.6 Å². The van der Waals surface area contributed by atoms with Gasteiger partial charge in [-0.25, -0.2) is 13.6 Å². The van der Waals surface area contributed by atoms with Gasteiger partial charge in [0.2, 0.25) is 6.04 Å². The number of anilines is 1. The zero-order valence-corrected chi connectivity index (χ0v) is 25.5. The van der Waals surface area contributed by atoms with E-state index in [1.807, 2.05) is 0 Å². The maximum Gasteiger partial charge on any atom is 0.338 e. The van der Waals surface area contributed by atoms with Crippen molar-refractivity contribution in [2.75, 3.05) is 18.5 Å². The Morgan fingerprint density at radius 2 is 1.89 bits per heavy atom. The number of hydrogen-bond donors (Lipinski definition) is 2. The standard InChI is InChI=1S/C32H29Cl2F2N3O6/c1-2-45-30(41)18-10-8-17(9-11-18)26(40)14-25-29(39(43)44)27(19-4-3-5-21(33)28(19)36)32(38(25)15-16-6-7-16)20-12-23(35)22(34)13-24(20)37-31(32)42/h3-5,8-13,16,25-27,29,40H,2,6-7,14-15H2,1H3,(H,37,42)/t25-,26+,27-,29+,32+/m0/s1. The number of carbonyl (C=O) groups excluding carboxylic acids is 2. The number of nitro groups is 1. The first-order valence-corrected chi connectivity index (χ1v) is 15.3. The van der Waals surface area contributed by atoms with Crippen LogP contribution in [0.25, 0.3) is 0 Å². The number of aliphatic hydroxyl groups excluding tert-OH is 1. The first-order chi connectivity index (χ1) is 21.5. The molecule has 3 aromatic carbocycles. The SMILES string of the molecule is CCOC(=O)c1ccc([C@H](O)C[C@H]2[C@@H]([N+](=O)[O-])[C@H](c3cccc(Cl)c3F)[C@]3(C(=O)Nc4cc(Cl)c(F)cc43)N2CC2CC2)cc1. The highest BCUT2D eigenvalue weighted by molar-refractivity contribution is 6.31. The number of ether oxygens (including phenoxy) is 1. The van der Waals surface area contributed by atoms with Crippen molar-refractivity contribution >= 4 is 40.8 Å². The van der Waals surface area contributed by atoms with Crippen LogP contribution < -0.4 is 5.32 Å². The number of nitrogens with zero attached hydrogens (tertiary/aromatic N) is 2. The van der Waals surface area contributed by atoms with Crippen molar-refractivity contribution in [3.8, 4) is 0 Å². The second-order valence-corrected chi connectivity index (χ2v) is 12.5. The molecule has 1 aliphatic carbocycles. The van der Waals surface area contributed by atoms with Crippen molar-refractivity contribution in [1.82, 2.24) is 4.90 Å². The van der Waals surface area contributed by atoms with Crippen LogP contribution in [0.4, 0.5) is 14.5 Å². The van der Waals surface area contributed by atoms with Crippen molar-refractivity contribution in [3.63, 3.8) is 0 Å². The Balaban J connectivity index is 1.52. The second kappa shape index (κ2) is 11.9. The van der Waals surface area contributed by atoms with Crippen LogP contribution in [-0.2, 0) is 15.1 Å². The minimum atomic E-state index is -1.93. The van der Waals surface area contributed by atoms with E-state index >= 15 is 8.78 Å². The van der Waals surface area contributed by atoms with Crippen molar-refractivity contribution in [1.29, 1.82) is 0 Å². The quantitative estimate of drug-likeness (QED) is 0.158. The molecule has 1 saturated heterocycles. The molecule has 3 aromatic rings. The number of fused-ring (bicyclic) bond motifs is 2. The molecule has 45 heavy (non-hydrogen) atoms. The largest absolute Gasteiger partial charge is 0.462 e. The number of carbonyl (C=O) groups is 2. The van der Waals surface area contributed by atoms with E-state index in [0.29, 0.717) is 5.56 Å².